The number of aryl methyl sites for hydroxylation is 1. The van der Waals surface area contributed by atoms with Crippen molar-refractivity contribution >= 4 is 11.3 Å². The summed E-state index contributed by atoms with van der Waals surface area (Å²) in [5.74, 6) is 0. The molecule has 1 heterocycles. The molecule has 1 N–H and O–H groups in total. The van der Waals surface area contributed by atoms with E-state index in [0.29, 0.717) is 0 Å². The Kier molecular flexibility index (Phi) is 2.20. The van der Waals surface area contributed by atoms with Crippen molar-refractivity contribution in [3.63, 3.8) is 0 Å². The number of aliphatic hydroxyl groups is 1. The molecule has 1 atom stereocenters. The van der Waals surface area contributed by atoms with Crippen LogP contribution in [0.4, 0.5) is 0 Å². The first-order chi connectivity index (χ1) is 6.27. The third kappa shape index (κ3) is 1.66. The van der Waals surface area contributed by atoms with Gasteiger partial charge in [0.15, 0.2) is 0 Å². The third-order valence-electron chi connectivity index (χ3n) is 1.88. The van der Waals surface area contributed by atoms with E-state index in [-0.39, 0.29) is 0 Å². The third-order valence-corrected chi connectivity index (χ3v) is 2.84. The Labute approximate surface area is 80.9 Å². The average molecular weight is 192 g/mol. The smallest absolute Gasteiger partial charge is 0.113 e. The summed E-state index contributed by atoms with van der Waals surface area (Å²) in [4.78, 5) is 5.27. The van der Waals surface area contributed by atoms with Gasteiger partial charge < -0.3 is 5.11 Å². The molecule has 0 aliphatic rings. The molecule has 0 radical (unpaired) electrons. The molecular formula is C10H10NOS-. The number of thiazole rings is 1. The Morgan fingerprint density at radius 3 is 3.00 bits per heavy atom. The minimum Gasteiger partial charge on any atom is -0.395 e. The molecule has 3 heteroatoms. The van der Waals surface area contributed by atoms with Crippen molar-refractivity contribution in [2.45, 2.75) is 13.0 Å². The molecule has 1 aromatic heterocycles. The molecule has 13 heavy (non-hydrogen) atoms. The van der Waals surface area contributed by atoms with Crippen LogP contribution in [0.1, 0.15) is 21.6 Å². The van der Waals surface area contributed by atoms with Crippen LogP contribution in [0.5, 0.6) is 0 Å². The first-order valence-corrected chi connectivity index (χ1v) is 4.91. The van der Waals surface area contributed by atoms with Crippen LogP contribution in [0.3, 0.4) is 0 Å². The van der Waals surface area contributed by atoms with Gasteiger partial charge in [0.1, 0.15) is 5.01 Å². The Bertz CT molecular complexity index is 377. The monoisotopic (exact) mass is 192 g/mol. The van der Waals surface area contributed by atoms with Gasteiger partial charge in [-0.3, -0.25) is 0 Å². The Hall–Kier alpha value is -1.06. The molecule has 2 nitrogen and oxygen atoms in total. The highest BCUT2D eigenvalue weighted by atomic mass is 32.1. The SMILES string of the molecule is Cc1cnc(C(O)c2cc[cH-]c2)s1. The number of rotatable bonds is 2. The maximum Gasteiger partial charge on any atom is 0.113 e. The van der Waals surface area contributed by atoms with Gasteiger partial charge in [0, 0.05) is 11.1 Å². The molecule has 0 aliphatic heterocycles. The number of hydrogen-bond acceptors (Lipinski definition) is 3. The molecule has 1 aromatic carbocycles. The van der Waals surface area contributed by atoms with Crippen molar-refractivity contribution in [2.75, 3.05) is 0 Å². The van der Waals surface area contributed by atoms with E-state index in [1.807, 2.05) is 31.2 Å². The van der Waals surface area contributed by atoms with E-state index in [0.717, 1.165) is 15.4 Å². The second-order valence-electron chi connectivity index (χ2n) is 2.93. The quantitative estimate of drug-likeness (QED) is 0.740. The highest BCUT2D eigenvalue weighted by Gasteiger charge is 2.07. The highest BCUT2D eigenvalue weighted by molar-refractivity contribution is 7.11. The fraction of sp³-hybridized carbons (Fsp3) is 0.200. The summed E-state index contributed by atoms with van der Waals surface area (Å²) in [5, 5.41) is 10.6. The van der Waals surface area contributed by atoms with Gasteiger partial charge in [0.05, 0.1) is 6.10 Å². The number of hydrogen-bond donors (Lipinski definition) is 1. The topological polar surface area (TPSA) is 33.1 Å². The van der Waals surface area contributed by atoms with Gasteiger partial charge in [-0.25, -0.2) is 11.1 Å². The van der Waals surface area contributed by atoms with Gasteiger partial charge >= 0.3 is 0 Å². The van der Waals surface area contributed by atoms with Crippen molar-refractivity contribution in [3.05, 3.63) is 45.9 Å². The van der Waals surface area contributed by atoms with Crippen LogP contribution in [-0.2, 0) is 0 Å². The molecule has 0 aliphatic carbocycles. The summed E-state index contributed by atoms with van der Waals surface area (Å²) >= 11 is 1.53. The molecule has 0 saturated carbocycles. The molecule has 0 spiro atoms. The predicted octanol–water partition coefficient (Wildman–Crippen LogP) is 2.25. The van der Waals surface area contributed by atoms with Crippen molar-refractivity contribution in [3.8, 4) is 0 Å². The van der Waals surface area contributed by atoms with Crippen LogP contribution in [0.2, 0.25) is 0 Å². The van der Waals surface area contributed by atoms with Crippen LogP contribution < -0.4 is 0 Å². The number of aromatic nitrogens is 1. The summed E-state index contributed by atoms with van der Waals surface area (Å²) in [6.07, 6.45) is 1.22. The fourth-order valence-corrected chi connectivity index (χ4v) is 2.00. The first kappa shape index (κ1) is 8.53. The van der Waals surface area contributed by atoms with Gasteiger partial charge in [-0.05, 0) is 6.92 Å². The number of nitrogens with zero attached hydrogens (tertiary/aromatic N) is 1. The van der Waals surface area contributed by atoms with Crippen LogP contribution in [0.25, 0.3) is 0 Å². The van der Waals surface area contributed by atoms with E-state index < -0.39 is 6.10 Å². The molecule has 1 unspecified atom stereocenters. The van der Waals surface area contributed by atoms with Crippen LogP contribution in [0.15, 0.2) is 30.5 Å². The van der Waals surface area contributed by atoms with Crippen molar-refractivity contribution in [2.24, 2.45) is 0 Å². The maximum absolute atomic E-state index is 9.84. The van der Waals surface area contributed by atoms with E-state index in [9.17, 15) is 5.11 Å². The van der Waals surface area contributed by atoms with Gasteiger partial charge in [-0.1, -0.05) is 0 Å². The second kappa shape index (κ2) is 3.36. The lowest BCUT2D eigenvalue weighted by atomic mass is 10.2. The van der Waals surface area contributed by atoms with E-state index in [2.05, 4.69) is 4.98 Å². The van der Waals surface area contributed by atoms with Gasteiger partial charge in [0.25, 0.3) is 0 Å². The van der Waals surface area contributed by atoms with E-state index in [4.69, 9.17) is 0 Å². The Morgan fingerprint density at radius 2 is 2.46 bits per heavy atom. The van der Waals surface area contributed by atoms with Crippen molar-refractivity contribution in [1.29, 1.82) is 0 Å². The second-order valence-corrected chi connectivity index (χ2v) is 4.20. The lowest BCUT2D eigenvalue weighted by Crippen LogP contribution is -1.96. The van der Waals surface area contributed by atoms with E-state index >= 15 is 0 Å². The normalized spacial score (nSPS) is 13.1. The van der Waals surface area contributed by atoms with Gasteiger partial charge in [-0.15, -0.1) is 11.3 Å². The zero-order valence-corrected chi connectivity index (χ0v) is 8.08. The average Bonchev–Trinajstić information content (AvgIpc) is 2.72. The minimum absolute atomic E-state index is 0.561. The van der Waals surface area contributed by atoms with Crippen LogP contribution >= 0.6 is 11.3 Å². The lowest BCUT2D eigenvalue weighted by Gasteiger charge is -2.10. The highest BCUT2D eigenvalue weighted by Crippen LogP contribution is 2.25. The standard InChI is InChI=1S/C10H10NOS/c1-7-6-11-10(13-7)9(12)8-4-2-3-5-8/h2-6,9,12H,1H3/q-1. The van der Waals surface area contributed by atoms with Crippen molar-refractivity contribution < 1.29 is 5.11 Å². The summed E-state index contributed by atoms with van der Waals surface area (Å²) in [7, 11) is 0. The zero-order chi connectivity index (χ0) is 9.26. The first-order valence-electron chi connectivity index (χ1n) is 4.09. The van der Waals surface area contributed by atoms with Gasteiger partial charge in [-0.2, -0.15) is 23.8 Å². The fourth-order valence-electron chi connectivity index (χ4n) is 1.21. The number of aliphatic hydroxyl groups excluding tert-OH is 1. The predicted molar refractivity (Wildman–Crippen MR) is 52.9 cm³/mol. The Balaban J connectivity index is 2.28. The summed E-state index contributed by atoms with van der Waals surface area (Å²) in [6.45, 7) is 1.98. The molecule has 0 amide bonds. The summed E-state index contributed by atoms with van der Waals surface area (Å²) in [5.41, 5.74) is 0.911. The van der Waals surface area contributed by atoms with Crippen LogP contribution in [-0.4, -0.2) is 10.1 Å². The molecule has 68 valence electrons. The summed E-state index contributed by atoms with van der Waals surface area (Å²) in [6, 6.07) is 7.64. The van der Waals surface area contributed by atoms with Gasteiger partial charge in [0.2, 0.25) is 0 Å². The molecule has 2 rings (SSSR count). The maximum atomic E-state index is 9.84. The van der Waals surface area contributed by atoms with E-state index in [1.54, 1.807) is 6.20 Å². The zero-order valence-electron chi connectivity index (χ0n) is 7.27. The lowest BCUT2D eigenvalue weighted by molar-refractivity contribution is 0.220. The van der Waals surface area contributed by atoms with Crippen LogP contribution in [0, 0.1) is 6.92 Å². The largest absolute Gasteiger partial charge is 0.395 e. The summed E-state index contributed by atoms with van der Waals surface area (Å²) < 4.78 is 0. The molecule has 2 aromatic rings. The molecular weight excluding hydrogens is 182 g/mol. The molecule has 0 fully saturated rings. The Morgan fingerprint density at radius 1 is 1.62 bits per heavy atom. The molecule has 0 saturated heterocycles. The minimum atomic E-state index is -0.561. The van der Waals surface area contributed by atoms with E-state index in [1.165, 1.54) is 11.3 Å². The van der Waals surface area contributed by atoms with Crippen molar-refractivity contribution in [1.82, 2.24) is 4.98 Å². The molecule has 0 bridgehead atoms.